The molecular formula is C12H15ClN6. The van der Waals surface area contributed by atoms with Gasteiger partial charge < -0.3 is 10.6 Å². The maximum absolute atomic E-state index is 5.96. The van der Waals surface area contributed by atoms with Crippen molar-refractivity contribution in [3.05, 3.63) is 23.4 Å². The number of aromatic amines is 1. The number of rotatable bonds is 2. The molecule has 100 valence electrons. The van der Waals surface area contributed by atoms with Crippen LogP contribution in [-0.4, -0.2) is 39.3 Å². The fraction of sp³-hybridized carbons (Fsp3) is 0.417. The van der Waals surface area contributed by atoms with Gasteiger partial charge in [-0.15, -0.1) is 5.10 Å². The number of nitrogens with one attached hydrogen (secondary N) is 1. The van der Waals surface area contributed by atoms with Gasteiger partial charge in [0.15, 0.2) is 5.82 Å². The van der Waals surface area contributed by atoms with Crippen molar-refractivity contribution in [1.82, 2.24) is 20.2 Å². The Hall–Kier alpha value is -1.66. The number of hydrogen-bond acceptors (Lipinski definition) is 5. The third kappa shape index (κ3) is 2.69. The molecule has 0 amide bonds. The van der Waals surface area contributed by atoms with Crippen LogP contribution in [0, 0.1) is 0 Å². The van der Waals surface area contributed by atoms with Gasteiger partial charge in [-0.3, -0.25) is 10.1 Å². The van der Waals surface area contributed by atoms with Crippen LogP contribution in [-0.2, 0) is 0 Å². The van der Waals surface area contributed by atoms with E-state index in [0.717, 1.165) is 31.6 Å². The summed E-state index contributed by atoms with van der Waals surface area (Å²) < 4.78 is 0. The Bertz CT molecular complexity index is 552. The van der Waals surface area contributed by atoms with Crippen molar-refractivity contribution in [1.29, 1.82) is 0 Å². The Morgan fingerprint density at radius 2 is 2.32 bits per heavy atom. The first-order valence-corrected chi connectivity index (χ1v) is 6.65. The molecule has 1 aliphatic rings. The van der Waals surface area contributed by atoms with Crippen LogP contribution in [0.2, 0.25) is 5.02 Å². The Morgan fingerprint density at radius 1 is 1.42 bits per heavy atom. The smallest absolute Gasteiger partial charge is 0.245 e. The van der Waals surface area contributed by atoms with E-state index in [1.165, 1.54) is 0 Å². The fourth-order valence-corrected chi connectivity index (χ4v) is 2.33. The first kappa shape index (κ1) is 12.4. The van der Waals surface area contributed by atoms with Crippen LogP contribution in [0.15, 0.2) is 18.3 Å². The van der Waals surface area contributed by atoms with Crippen LogP contribution in [0.4, 0.5) is 5.95 Å². The number of aromatic nitrogens is 4. The highest BCUT2D eigenvalue weighted by Gasteiger charge is 2.20. The fourth-order valence-electron chi connectivity index (χ4n) is 2.22. The summed E-state index contributed by atoms with van der Waals surface area (Å²) in [6.45, 7) is 1.74. The zero-order valence-corrected chi connectivity index (χ0v) is 11.1. The van der Waals surface area contributed by atoms with Gasteiger partial charge in [-0.05, 0) is 25.0 Å². The van der Waals surface area contributed by atoms with Gasteiger partial charge in [-0.1, -0.05) is 11.6 Å². The van der Waals surface area contributed by atoms with Gasteiger partial charge in [0.05, 0.1) is 5.02 Å². The second-order valence-electron chi connectivity index (χ2n) is 4.69. The highest BCUT2D eigenvalue weighted by molar-refractivity contribution is 6.30. The van der Waals surface area contributed by atoms with Gasteiger partial charge in [0.2, 0.25) is 5.95 Å². The van der Waals surface area contributed by atoms with Gasteiger partial charge in [-0.25, -0.2) is 0 Å². The molecule has 3 N–H and O–H groups in total. The van der Waals surface area contributed by atoms with Crippen molar-refractivity contribution in [2.45, 2.75) is 18.9 Å². The number of nitrogens with two attached hydrogens (primary N) is 1. The molecule has 0 bridgehead atoms. The third-order valence-electron chi connectivity index (χ3n) is 3.18. The predicted molar refractivity (Wildman–Crippen MR) is 74.0 cm³/mol. The summed E-state index contributed by atoms with van der Waals surface area (Å²) in [6.07, 6.45) is 3.73. The van der Waals surface area contributed by atoms with Crippen LogP contribution in [0.25, 0.3) is 11.5 Å². The Balaban J connectivity index is 1.81. The molecule has 7 heteroatoms. The monoisotopic (exact) mass is 278 g/mol. The van der Waals surface area contributed by atoms with Crippen molar-refractivity contribution >= 4 is 17.5 Å². The van der Waals surface area contributed by atoms with E-state index in [1.807, 2.05) is 6.07 Å². The summed E-state index contributed by atoms with van der Waals surface area (Å²) in [5, 5.41) is 7.74. The molecule has 2 aromatic heterocycles. The second kappa shape index (κ2) is 5.14. The van der Waals surface area contributed by atoms with Crippen LogP contribution >= 0.6 is 11.6 Å². The van der Waals surface area contributed by atoms with Crippen molar-refractivity contribution < 1.29 is 0 Å². The summed E-state index contributed by atoms with van der Waals surface area (Å²) in [5.74, 6) is 1.33. The van der Waals surface area contributed by atoms with E-state index < -0.39 is 0 Å². The lowest BCUT2D eigenvalue weighted by Crippen LogP contribution is -2.43. The van der Waals surface area contributed by atoms with Crippen molar-refractivity contribution in [2.75, 3.05) is 18.0 Å². The number of hydrogen-bond donors (Lipinski definition) is 2. The number of pyridine rings is 1. The lowest BCUT2D eigenvalue weighted by molar-refractivity contribution is 0.500. The quantitative estimate of drug-likeness (QED) is 0.869. The lowest BCUT2D eigenvalue weighted by Gasteiger charge is -2.29. The van der Waals surface area contributed by atoms with E-state index in [9.17, 15) is 0 Å². The van der Waals surface area contributed by atoms with Gasteiger partial charge in [0, 0.05) is 25.3 Å². The summed E-state index contributed by atoms with van der Waals surface area (Å²) in [5.41, 5.74) is 6.69. The number of H-pyrrole nitrogens is 1. The highest BCUT2D eigenvalue weighted by Crippen LogP contribution is 2.19. The molecule has 3 heterocycles. The topological polar surface area (TPSA) is 83.7 Å². The molecule has 1 saturated heterocycles. The molecule has 6 nitrogen and oxygen atoms in total. The van der Waals surface area contributed by atoms with Gasteiger partial charge in [-0.2, -0.15) is 4.98 Å². The number of anilines is 1. The van der Waals surface area contributed by atoms with Gasteiger partial charge >= 0.3 is 0 Å². The molecular weight excluding hydrogens is 264 g/mol. The van der Waals surface area contributed by atoms with E-state index in [4.69, 9.17) is 17.3 Å². The molecule has 19 heavy (non-hydrogen) atoms. The van der Waals surface area contributed by atoms with E-state index in [1.54, 1.807) is 12.3 Å². The van der Waals surface area contributed by atoms with Gasteiger partial charge in [0.25, 0.3) is 0 Å². The summed E-state index contributed by atoms with van der Waals surface area (Å²) in [7, 11) is 0. The van der Waals surface area contributed by atoms with Crippen molar-refractivity contribution in [2.24, 2.45) is 5.73 Å². The van der Waals surface area contributed by atoms with Crippen LogP contribution in [0.1, 0.15) is 12.8 Å². The molecule has 0 radical (unpaired) electrons. The predicted octanol–water partition coefficient (Wildman–Crippen LogP) is 1.45. The van der Waals surface area contributed by atoms with Crippen LogP contribution in [0.3, 0.4) is 0 Å². The zero-order chi connectivity index (χ0) is 13.2. The minimum Gasteiger partial charge on any atom is -0.338 e. The Morgan fingerprint density at radius 3 is 3.05 bits per heavy atom. The third-order valence-corrected chi connectivity index (χ3v) is 3.41. The molecule has 1 atom stereocenters. The molecule has 0 spiro atoms. The average molecular weight is 279 g/mol. The molecule has 2 aromatic rings. The first-order chi connectivity index (χ1) is 9.22. The van der Waals surface area contributed by atoms with Crippen LogP contribution < -0.4 is 10.6 Å². The van der Waals surface area contributed by atoms with Crippen molar-refractivity contribution in [3.63, 3.8) is 0 Å². The number of halogens is 1. The van der Waals surface area contributed by atoms with E-state index in [-0.39, 0.29) is 6.04 Å². The molecule has 3 rings (SSSR count). The molecule has 0 saturated carbocycles. The lowest BCUT2D eigenvalue weighted by atomic mass is 10.1. The summed E-state index contributed by atoms with van der Waals surface area (Å²) >= 11 is 5.81. The Labute approximate surface area is 116 Å². The minimum absolute atomic E-state index is 0.198. The van der Waals surface area contributed by atoms with Crippen molar-refractivity contribution in [3.8, 4) is 11.5 Å². The zero-order valence-electron chi connectivity index (χ0n) is 10.4. The van der Waals surface area contributed by atoms with E-state index in [0.29, 0.717) is 16.8 Å². The largest absolute Gasteiger partial charge is 0.338 e. The Kier molecular flexibility index (Phi) is 3.35. The highest BCUT2D eigenvalue weighted by atomic mass is 35.5. The first-order valence-electron chi connectivity index (χ1n) is 6.27. The molecule has 1 unspecified atom stereocenters. The maximum Gasteiger partial charge on any atom is 0.245 e. The summed E-state index contributed by atoms with van der Waals surface area (Å²) in [6, 6.07) is 3.79. The molecule has 1 fully saturated rings. The number of nitrogens with zero attached hydrogens (tertiary/aromatic N) is 4. The minimum atomic E-state index is 0.198. The number of piperidine rings is 1. The summed E-state index contributed by atoms with van der Waals surface area (Å²) in [4.78, 5) is 10.8. The van der Waals surface area contributed by atoms with Crippen LogP contribution in [0.5, 0.6) is 0 Å². The molecule has 0 aliphatic carbocycles. The SMILES string of the molecule is NC1CCCN(c2n[nH]c(-c3ccc(Cl)cn3)n2)C1. The van der Waals surface area contributed by atoms with Gasteiger partial charge in [0.1, 0.15) is 5.69 Å². The second-order valence-corrected chi connectivity index (χ2v) is 5.13. The standard InChI is InChI=1S/C12H15ClN6/c13-8-3-4-10(15-6-8)11-16-12(18-17-11)19-5-1-2-9(14)7-19/h3-4,6,9H,1-2,5,7,14H2,(H,16,17,18). The van der Waals surface area contributed by atoms with E-state index in [2.05, 4.69) is 25.1 Å². The average Bonchev–Trinajstić information content (AvgIpc) is 2.89. The molecule has 0 aromatic carbocycles. The van der Waals surface area contributed by atoms with E-state index >= 15 is 0 Å². The normalized spacial score (nSPS) is 19.7. The molecule has 1 aliphatic heterocycles. The maximum atomic E-state index is 5.96.